The maximum atomic E-state index is 5.36. The molecule has 0 bridgehead atoms. The molecule has 0 aliphatic rings. The van der Waals surface area contributed by atoms with Gasteiger partial charge in [-0.1, -0.05) is 13.0 Å². The van der Waals surface area contributed by atoms with E-state index in [1.54, 1.807) is 18.8 Å². The Bertz CT molecular complexity index is 796. The van der Waals surface area contributed by atoms with Crippen molar-refractivity contribution in [1.82, 2.24) is 30.4 Å². The van der Waals surface area contributed by atoms with Crippen molar-refractivity contribution in [3.63, 3.8) is 0 Å². The average molecular weight is 353 g/mol. The summed E-state index contributed by atoms with van der Waals surface area (Å²) in [6.45, 7) is 4.60. The first-order chi connectivity index (χ1) is 12.8. The van der Waals surface area contributed by atoms with Gasteiger partial charge in [0, 0.05) is 25.7 Å². The number of aliphatic imine (C=N–C) groups is 1. The number of furan rings is 1. The Morgan fingerprint density at radius 2 is 2.19 bits per heavy atom. The molecule has 0 spiro atoms. The van der Waals surface area contributed by atoms with Crippen molar-refractivity contribution in [2.75, 3.05) is 6.54 Å². The maximum absolute atomic E-state index is 5.36. The summed E-state index contributed by atoms with van der Waals surface area (Å²) in [6.07, 6.45) is 6.04. The summed E-state index contributed by atoms with van der Waals surface area (Å²) in [7, 11) is 0. The minimum Gasteiger partial charge on any atom is -0.467 e. The molecular weight excluding hydrogens is 330 g/mol. The maximum Gasteiger partial charge on any atom is 0.192 e. The zero-order valence-electron chi connectivity index (χ0n) is 14.8. The topological polar surface area (TPSA) is 93.2 Å². The van der Waals surface area contributed by atoms with Crippen molar-refractivity contribution in [2.45, 2.75) is 33.0 Å². The molecule has 0 amide bonds. The van der Waals surface area contributed by atoms with E-state index in [9.17, 15) is 0 Å². The fraction of sp³-hybridized carbons (Fsp3) is 0.333. The zero-order valence-corrected chi connectivity index (χ0v) is 14.8. The molecule has 0 fully saturated rings. The number of aromatic nitrogens is 4. The highest BCUT2D eigenvalue weighted by atomic mass is 16.3. The number of pyridine rings is 1. The van der Waals surface area contributed by atoms with Gasteiger partial charge in [0.1, 0.15) is 17.9 Å². The molecule has 0 radical (unpaired) electrons. The molecule has 2 N–H and O–H groups in total. The van der Waals surface area contributed by atoms with Gasteiger partial charge in [0.15, 0.2) is 5.96 Å². The van der Waals surface area contributed by atoms with Crippen LogP contribution in [0.15, 0.2) is 58.5 Å². The molecule has 0 atom stereocenters. The molecule has 0 aliphatic heterocycles. The van der Waals surface area contributed by atoms with Gasteiger partial charge in [0.05, 0.1) is 25.0 Å². The molecule has 0 saturated heterocycles. The lowest BCUT2D eigenvalue weighted by Gasteiger charge is -2.12. The van der Waals surface area contributed by atoms with Crippen molar-refractivity contribution in [3.8, 4) is 0 Å². The van der Waals surface area contributed by atoms with E-state index >= 15 is 0 Å². The van der Waals surface area contributed by atoms with Crippen LogP contribution in [0, 0.1) is 0 Å². The van der Waals surface area contributed by atoms with Crippen LogP contribution >= 0.6 is 0 Å². The van der Waals surface area contributed by atoms with Crippen molar-refractivity contribution >= 4 is 5.96 Å². The van der Waals surface area contributed by atoms with Crippen LogP contribution in [-0.2, 0) is 26.1 Å². The summed E-state index contributed by atoms with van der Waals surface area (Å²) < 4.78 is 7.40. The average Bonchev–Trinajstić information content (AvgIpc) is 3.36. The molecule has 136 valence electrons. The molecule has 0 aliphatic carbocycles. The van der Waals surface area contributed by atoms with Crippen molar-refractivity contribution < 1.29 is 4.42 Å². The molecule has 8 nitrogen and oxygen atoms in total. The quantitative estimate of drug-likeness (QED) is 0.473. The fourth-order valence-corrected chi connectivity index (χ4v) is 2.44. The first-order valence-corrected chi connectivity index (χ1v) is 8.66. The lowest BCUT2D eigenvalue weighted by molar-refractivity contribution is 0.501. The summed E-state index contributed by atoms with van der Waals surface area (Å²) in [5.74, 6) is 2.53. The van der Waals surface area contributed by atoms with Crippen molar-refractivity contribution in [1.29, 1.82) is 0 Å². The van der Waals surface area contributed by atoms with Crippen LogP contribution in [0.2, 0.25) is 0 Å². The third-order valence-corrected chi connectivity index (χ3v) is 3.79. The Morgan fingerprint density at radius 1 is 1.23 bits per heavy atom. The Hall–Kier alpha value is -3.16. The van der Waals surface area contributed by atoms with Crippen molar-refractivity contribution in [3.05, 3.63) is 66.4 Å². The van der Waals surface area contributed by atoms with E-state index in [-0.39, 0.29) is 0 Å². The van der Waals surface area contributed by atoms with E-state index < -0.39 is 0 Å². The van der Waals surface area contributed by atoms with Crippen LogP contribution in [-0.4, -0.2) is 32.3 Å². The minimum absolute atomic E-state index is 0.501. The minimum atomic E-state index is 0.501. The Balaban J connectivity index is 1.58. The summed E-state index contributed by atoms with van der Waals surface area (Å²) >= 11 is 0. The van der Waals surface area contributed by atoms with Gasteiger partial charge in [-0.25, -0.2) is 4.99 Å². The second-order valence-electron chi connectivity index (χ2n) is 5.64. The zero-order chi connectivity index (χ0) is 18.0. The van der Waals surface area contributed by atoms with Gasteiger partial charge in [-0.3, -0.25) is 4.98 Å². The van der Waals surface area contributed by atoms with Crippen LogP contribution in [0.3, 0.4) is 0 Å². The highest BCUT2D eigenvalue weighted by Crippen LogP contribution is 2.00. The van der Waals surface area contributed by atoms with Gasteiger partial charge in [0.25, 0.3) is 0 Å². The Labute approximate surface area is 152 Å². The first kappa shape index (κ1) is 17.7. The molecule has 3 heterocycles. The summed E-state index contributed by atoms with van der Waals surface area (Å²) in [5, 5.41) is 14.7. The monoisotopic (exact) mass is 353 g/mol. The molecular formula is C18H23N7O. The van der Waals surface area contributed by atoms with Crippen LogP contribution in [0.4, 0.5) is 0 Å². The van der Waals surface area contributed by atoms with Crippen LogP contribution in [0.1, 0.15) is 24.2 Å². The number of nitrogens with one attached hydrogen (secondary N) is 2. The highest BCUT2D eigenvalue weighted by Gasteiger charge is 2.04. The van der Waals surface area contributed by atoms with E-state index in [0.717, 1.165) is 30.2 Å². The van der Waals surface area contributed by atoms with E-state index in [4.69, 9.17) is 4.42 Å². The number of hydrogen-bond donors (Lipinski definition) is 2. The van der Waals surface area contributed by atoms with E-state index in [0.29, 0.717) is 25.6 Å². The Kier molecular flexibility index (Phi) is 6.35. The highest BCUT2D eigenvalue weighted by molar-refractivity contribution is 5.79. The largest absolute Gasteiger partial charge is 0.467 e. The lowest BCUT2D eigenvalue weighted by Crippen LogP contribution is -2.38. The van der Waals surface area contributed by atoms with Crippen LogP contribution in [0.25, 0.3) is 0 Å². The third-order valence-electron chi connectivity index (χ3n) is 3.79. The summed E-state index contributed by atoms with van der Waals surface area (Å²) in [4.78, 5) is 8.91. The predicted molar refractivity (Wildman–Crippen MR) is 98.3 cm³/mol. The van der Waals surface area contributed by atoms with E-state index in [2.05, 4.69) is 37.7 Å². The second-order valence-corrected chi connectivity index (χ2v) is 5.64. The predicted octanol–water partition coefficient (Wildman–Crippen LogP) is 1.76. The molecule has 0 unspecified atom stereocenters. The number of nitrogens with zero attached hydrogens (tertiary/aromatic N) is 5. The standard InChI is InChI=1S/C18H23N7O/c1-2-17-24-23-14-25(17)10-9-20-18(22-13-16-7-5-11-26-16)21-12-15-6-3-4-8-19-15/h3-8,11,14H,2,9-10,12-13H2,1H3,(H2,20,21,22). The van der Waals surface area contributed by atoms with Gasteiger partial charge in [-0.2, -0.15) is 0 Å². The molecule has 26 heavy (non-hydrogen) atoms. The number of hydrogen-bond acceptors (Lipinski definition) is 5. The lowest BCUT2D eigenvalue weighted by atomic mass is 10.3. The molecule has 8 heteroatoms. The van der Waals surface area contributed by atoms with Gasteiger partial charge < -0.3 is 19.6 Å². The first-order valence-electron chi connectivity index (χ1n) is 8.66. The van der Waals surface area contributed by atoms with Gasteiger partial charge in [0.2, 0.25) is 0 Å². The van der Waals surface area contributed by atoms with E-state index in [1.807, 2.05) is 34.9 Å². The van der Waals surface area contributed by atoms with Crippen LogP contribution < -0.4 is 10.6 Å². The van der Waals surface area contributed by atoms with Gasteiger partial charge >= 0.3 is 0 Å². The normalized spacial score (nSPS) is 11.5. The summed E-state index contributed by atoms with van der Waals surface area (Å²) in [6, 6.07) is 9.60. The third kappa shape index (κ3) is 5.17. The molecule has 3 rings (SSSR count). The molecule has 3 aromatic heterocycles. The second kappa shape index (κ2) is 9.36. The molecule has 3 aromatic rings. The SMILES string of the molecule is CCc1nncn1CCNC(=NCc1ccccn1)NCc1ccco1. The smallest absolute Gasteiger partial charge is 0.192 e. The number of guanidine groups is 1. The molecule has 0 aromatic carbocycles. The number of rotatable bonds is 8. The van der Waals surface area contributed by atoms with Crippen molar-refractivity contribution in [2.24, 2.45) is 4.99 Å². The van der Waals surface area contributed by atoms with Crippen LogP contribution in [0.5, 0.6) is 0 Å². The van der Waals surface area contributed by atoms with E-state index in [1.165, 1.54) is 0 Å². The van der Waals surface area contributed by atoms with Gasteiger partial charge in [-0.05, 0) is 24.3 Å². The Morgan fingerprint density at radius 3 is 2.96 bits per heavy atom. The number of aryl methyl sites for hydroxylation is 1. The summed E-state index contributed by atoms with van der Waals surface area (Å²) in [5.41, 5.74) is 0.915. The fourth-order valence-electron chi connectivity index (χ4n) is 2.44. The van der Waals surface area contributed by atoms with Gasteiger partial charge in [-0.15, -0.1) is 10.2 Å². The molecule has 0 saturated carbocycles.